The lowest BCUT2D eigenvalue weighted by molar-refractivity contribution is -0.139. The third-order valence-corrected chi connectivity index (χ3v) is 3.91. The topological polar surface area (TPSA) is 76.7 Å². The molecule has 0 spiro atoms. The quantitative estimate of drug-likeness (QED) is 0.719. The lowest BCUT2D eigenvalue weighted by Gasteiger charge is -2.28. The Labute approximate surface area is 147 Å². The molecule has 1 heterocycles. The van der Waals surface area contributed by atoms with Gasteiger partial charge in [-0.15, -0.1) is 0 Å². The van der Waals surface area contributed by atoms with Crippen molar-refractivity contribution in [2.24, 2.45) is 0 Å². The number of rotatable bonds is 6. The SMILES string of the molecule is CCOC(=O)C1=C(COc2ccc(Br)cc2F)NC(=O)N[C@@H]1CC. The van der Waals surface area contributed by atoms with Crippen molar-refractivity contribution in [2.75, 3.05) is 13.2 Å². The molecule has 2 N–H and O–H groups in total. The molecule has 6 nitrogen and oxygen atoms in total. The van der Waals surface area contributed by atoms with Crippen LogP contribution in [0.25, 0.3) is 0 Å². The molecule has 0 radical (unpaired) electrons. The highest BCUT2D eigenvalue weighted by atomic mass is 79.9. The maximum absolute atomic E-state index is 13.8. The Morgan fingerprint density at radius 1 is 1.38 bits per heavy atom. The first-order valence-electron chi connectivity index (χ1n) is 7.51. The molecule has 0 aliphatic carbocycles. The molecule has 1 aliphatic rings. The third kappa shape index (κ3) is 4.25. The van der Waals surface area contributed by atoms with Crippen molar-refractivity contribution in [3.8, 4) is 5.75 Å². The summed E-state index contributed by atoms with van der Waals surface area (Å²) in [5, 5.41) is 5.20. The number of hydrogen-bond acceptors (Lipinski definition) is 4. The molecule has 1 atom stereocenters. The Kier molecular flexibility index (Phi) is 6.19. The van der Waals surface area contributed by atoms with Gasteiger partial charge in [0.2, 0.25) is 0 Å². The number of urea groups is 1. The summed E-state index contributed by atoms with van der Waals surface area (Å²) in [6.07, 6.45) is 0.512. The summed E-state index contributed by atoms with van der Waals surface area (Å²) in [5.41, 5.74) is 0.558. The molecule has 24 heavy (non-hydrogen) atoms. The molecule has 130 valence electrons. The number of nitrogens with one attached hydrogen (secondary N) is 2. The fraction of sp³-hybridized carbons (Fsp3) is 0.375. The Balaban J connectivity index is 2.26. The monoisotopic (exact) mass is 400 g/mol. The van der Waals surface area contributed by atoms with Gasteiger partial charge in [-0.3, -0.25) is 0 Å². The fourth-order valence-electron chi connectivity index (χ4n) is 2.32. The fourth-order valence-corrected chi connectivity index (χ4v) is 2.65. The van der Waals surface area contributed by atoms with Crippen LogP contribution in [0.4, 0.5) is 9.18 Å². The first-order chi connectivity index (χ1) is 11.5. The smallest absolute Gasteiger partial charge is 0.338 e. The number of halogens is 2. The van der Waals surface area contributed by atoms with E-state index in [1.165, 1.54) is 12.1 Å². The van der Waals surface area contributed by atoms with Gasteiger partial charge in [0.05, 0.1) is 23.9 Å². The van der Waals surface area contributed by atoms with Gasteiger partial charge in [0, 0.05) is 4.47 Å². The number of carbonyl (C=O) groups excluding carboxylic acids is 2. The lowest BCUT2D eigenvalue weighted by Crippen LogP contribution is -2.51. The van der Waals surface area contributed by atoms with Crippen LogP contribution in [0, 0.1) is 5.82 Å². The highest BCUT2D eigenvalue weighted by Gasteiger charge is 2.31. The van der Waals surface area contributed by atoms with Gasteiger partial charge < -0.3 is 20.1 Å². The summed E-state index contributed by atoms with van der Waals surface area (Å²) in [5.74, 6) is -1.06. The summed E-state index contributed by atoms with van der Waals surface area (Å²) in [6, 6.07) is 3.45. The molecule has 1 aromatic rings. The summed E-state index contributed by atoms with van der Waals surface area (Å²) >= 11 is 3.16. The minimum absolute atomic E-state index is 0.0229. The average molecular weight is 401 g/mol. The molecule has 0 saturated carbocycles. The van der Waals surface area contributed by atoms with Gasteiger partial charge in [-0.2, -0.15) is 0 Å². The number of amides is 2. The number of ether oxygens (including phenoxy) is 2. The Hall–Kier alpha value is -2.09. The van der Waals surface area contributed by atoms with Gasteiger partial charge in [0.25, 0.3) is 0 Å². The summed E-state index contributed by atoms with van der Waals surface area (Å²) in [7, 11) is 0. The molecule has 0 saturated heterocycles. The van der Waals surface area contributed by atoms with Crippen molar-refractivity contribution < 1.29 is 23.5 Å². The highest BCUT2D eigenvalue weighted by molar-refractivity contribution is 9.10. The van der Waals surface area contributed by atoms with Crippen molar-refractivity contribution in [3.63, 3.8) is 0 Å². The molecule has 0 bridgehead atoms. The van der Waals surface area contributed by atoms with Crippen LogP contribution in [0.5, 0.6) is 5.75 Å². The zero-order valence-corrected chi connectivity index (χ0v) is 14.9. The van der Waals surface area contributed by atoms with E-state index in [9.17, 15) is 14.0 Å². The van der Waals surface area contributed by atoms with Crippen LogP contribution in [-0.4, -0.2) is 31.3 Å². The molecular formula is C16H18BrFN2O4. The maximum Gasteiger partial charge on any atom is 0.338 e. The maximum atomic E-state index is 13.8. The molecule has 2 amide bonds. The first kappa shape index (κ1) is 18.3. The van der Waals surface area contributed by atoms with Gasteiger partial charge in [-0.1, -0.05) is 22.9 Å². The zero-order valence-electron chi connectivity index (χ0n) is 13.3. The standard InChI is InChI=1S/C16H18BrFN2O4/c1-3-11-14(15(21)23-4-2)12(20-16(22)19-11)8-24-13-6-5-9(17)7-10(13)18/h5-7,11H,3-4,8H2,1-2H3,(H2,19,20,22)/t11-/m1/s1. The van der Waals surface area contributed by atoms with Crippen molar-refractivity contribution in [1.82, 2.24) is 10.6 Å². The van der Waals surface area contributed by atoms with Crippen LogP contribution < -0.4 is 15.4 Å². The van der Waals surface area contributed by atoms with Gasteiger partial charge in [0.15, 0.2) is 11.6 Å². The second kappa shape index (κ2) is 8.14. The van der Waals surface area contributed by atoms with E-state index in [4.69, 9.17) is 9.47 Å². The van der Waals surface area contributed by atoms with E-state index in [1.54, 1.807) is 13.0 Å². The highest BCUT2D eigenvalue weighted by Crippen LogP contribution is 2.23. The largest absolute Gasteiger partial charge is 0.484 e. The number of esters is 1. The Morgan fingerprint density at radius 3 is 2.75 bits per heavy atom. The minimum atomic E-state index is -0.546. The van der Waals surface area contributed by atoms with Crippen LogP contribution in [0.15, 0.2) is 33.9 Å². The van der Waals surface area contributed by atoms with E-state index in [1.807, 2.05) is 6.92 Å². The van der Waals surface area contributed by atoms with Crippen molar-refractivity contribution in [2.45, 2.75) is 26.3 Å². The Bertz CT molecular complexity index is 678. The molecule has 0 unspecified atom stereocenters. The van der Waals surface area contributed by atoms with E-state index in [0.29, 0.717) is 10.9 Å². The van der Waals surface area contributed by atoms with Gasteiger partial charge >= 0.3 is 12.0 Å². The molecule has 0 fully saturated rings. The molecule has 1 aromatic carbocycles. The minimum Gasteiger partial charge on any atom is -0.484 e. The lowest BCUT2D eigenvalue weighted by atomic mass is 10.0. The predicted molar refractivity (Wildman–Crippen MR) is 89.0 cm³/mol. The van der Waals surface area contributed by atoms with Crippen molar-refractivity contribution >= 4 is 27.9 Å². The summed E-state index contributed by atoms with van der Waals surface area (Å²) < 4.78 is 24.9. The average Bonchev–Trinajstić information content (AvgIpc) is 2.53. The van der Waals surface area contributed by atoms with E-state index < -0.39 is 23.9 Å². The molecule has 1 aliphatic heterocycles. The number of hydrogen-bond donors (Lipinski definition) is 2. The molecule has 2 rings (SSSR count). The van der Waals surface area contributed by atoms with E-state index >= 15 is 0 Å². The summed E-state index contributed by atoms with van der Waals surface area (Å²) in [4.78, 5) is 23.9. The van der Waals surface area contributed by atoms with E-state index in [-0.39, 0.29) is 30.2 Å². The second-order valence-electron chi connectivity index (χ2n) is 5.04. The van der Waals surface area contributed by atoms with E-state index in [0.717, 1.165) is 0 Å². The number of benzene rings is 1. The van der Waals surface area contributed by atoms with Gasteiger partial charge in [-0.25, -0.2) is 14.0 Å². The van der Waals surface area contributed by atoms with E-state index in [2.05, 4.69) is 26.6 Å². The second-order valence-corrected chi connectivity index (χ2v) is 5.95. The van der Waals surface area contributed by atoms with Crippen LogP contribution in [-0.2, 0) is 9.53 Å². The van der Waals surface area contributed by atoms with Crippen LogP contribution in [0.2, 0.25) is 0 Å². The first-order valence-corrected chi connectivity index (χ1v) is 8.31. The molecule has 8 heteroatoms. The Morgan fingerprint density at radius 2 is 2.12 bits per heavy atom. The predicted octanol–water partition coefficient (Wildman–Crippen LogP) is 2.88. The van der Waals surface area contributed by atoms with Crippen molar-refractivity contribution in [3.05, 3.63) is 39.8 Å². The summed E-state index contributed by atoms with van der Waals surface area (Å²) in [6.45, 7) is 3.59. The molecular weight excluding hydrogens is 383 g/mol. The number of carbonyl (C=O) groups is 2. The van der Waals surface area contributed by atoms with Gasteiger partial charge in [-0.05, 0) is 31.5 Å². The third-order valence-electron chi connectivity index (χ3n) is 3.41. The van der Waals surface area contributed by atoms with Crippen LogP contribution in [0.3, 0.4) is 0 Å². The van der Waals surface area contributed by atoms with Gasteiger partial charge in [0.1, 0.15) is 6.61 Å². The normalized spacial score (nSPS) is 17.2. The molecule has 0 aromatic heterocycles. The van der Waals surface area contributed by atoms with Crippen LogP contribution >= 0.6 is 15.9 Å². The van der Waals surface area contributed by atoms with Crippen LogP contribution in [0.1, 0.15) is 20.3 Å². The zero-order chi connectivity index (χ0) is 17.7. The van der Waals surface area contributed by atoms with Crippen molar-refractivity contribution in [1.29, 1.82) is 0 Å².